The summed E-state index contributed by atoms with van der Waals surface area (Å²) in [5.74, 6) is 0.686. The van der Waals surface area contributed by atoms with E-state index in [1.807, 2.05) is 17.0 Å². The molecule has 0 saturated carbocycles. The van der Waals surface area contributed by atoms with Crippen molar-refractivity contribution in [3.05, 3.63) is 35.4 Å². The Morgan fingerprint density at radius 3 is 2.47 bits per heavy atom. The van der Waals surface area contributed by atoms with E-state index in [1.54, 1.807) is 0 Å². The zero-order chi connectivity index (χ0) is 12.3. The van der Waals surface area contributed by atoms with Gasteiger partial charge in [0.1, 0.15) is 0 Å². The van der Waals surface area contributed by atoms with Crippen LogP contribution in [0.5, 0.6) is 0 Å². The molecule has 1 aromatic carbocycles. The molecule has 1 aliphatic heterocycles. The molecule has 1 amide bonds. The van der Waals surface area contributed by atoms with Gasteiger partial charge in [0, 0.05) is 19.5 Å². The Bertz CT molecular complexity index is 378. The average Bonchev–Trinajstić information content (AvgIpc) is 2.79. The highest BCUT2D eigenvalue weighted by atomic mass is 16.2. The Morgan fingerprint density at radius 1 is 1.35 bits per heavy atom. The fraction of sp³-hybridized carbons (Fsp3) is 0.500. The van der Waals surface area contributed by atoms with Crippen LogP contribution in [-0.4, -0.2) is 17.4 Å². The van der Waals surface area contributed by atoms with Gasteiger partial charge in [-0.15, -0.1) is 0 Å². The Balaban J connectivity index is 1.88. The number of hydrogen-bond acceptors (Lipinski definition) is 2. The number of nitrogens with two attached hydrogens (primary N) is 1. The van der Waals surface area contributed by atoms with Crippen molar-refractivity contribution in [3.8, 4) is 0 Å². The van der Waals surface area contributed by atoms with Crippen LogP contribution in [0.15, 0.2) is 24.3 Å². The minimum atomic E-state index is 0.251. The van der Waals surface area contributed by atoms with Gasteiger partial charge >= 0.3 is 0 Å². The van der Waals surface area contributed by atoms with Crippen LogP contribution in [0.25, 0.3) is 0 Å². The SMILES string of the molecule is CC(CN)CCC(=O)N1Cc2ccccc2C1. The second kappa shape index (κ2) is 5.32. The highest BCUT2D eigenvalue weighted by Crippen LogP contribution is 2.23. The predicted molar refractivity (Wildman–Crippen MR) is 68.1 cm³/mol. The van der Waals surface area contributed by atoms with E-state index in [1.165, 1.54) is 11.1 Å². The van der Waals surface area contributed by atoms with Crippen molar-refractivity contribution in [1.82, 2.24) is 4.90 Å². The fourth-order valence-electron chi connectivity index (χ4n) is 2.16. The highest BCUT2D eigenvalue weighted by Gasteiger charge is 2.22. The second-order valence-electron chi connectivity index (χ2n) is 4.90. The summed E-state index contributed by atoms with van der Waals surface area (Å²) >= 11 is 0. The largest absolute Gasteiger partial charge is 0.334 e. The molecule has 0 radical (unpaired) electrons. The Kier molecular flexibility index (Phi) is 3.79. The molecule has 3 heteroatoms. The Labute approximate surface area is 103 Å². The van der Waals surface area contributed by atoms with Crippen LogP contribution in [0.2, 0.25) is 0 Å². The molecule has 92 valence electrons. The minimum absolute atomic E-state index is 0.251. The number of benzene rings is 1. The summed E-state index contributed by atoms with van der Waals surface area (Å²) in [6.07, 6.45) is 1.51. The average molecular weight is 232 g/mol. The molecule has 17 heavy (non-hydrogen) atoms. The lowest BCUT2D eigenvalue weighted by Gasteiger charge is -2.16. The molecular weight excluding hydrogens is 212 g/mol. The Hall–Kier alpha value is -1.35. The van der Waals surface area contributed by atoms with Gasteiger partial charge in [-0.2, -0.15) is 0 Å². The number of nitrogens with zero attached hydrogens (tertiary/aromatic N) is 1. The van der Waals surface area contributed by atoms with Crippen molar-refractivity contribution in [3.63, 3.8) is 0 Å². The molecule has 1 aromatic rings. The zero-order valence-electron chi connectivity index (χ0n) is 10.4. The van der Waals surface area contributed by atoms with Crippen LogP contribution in [0.3, 0.4) is 0 Å². The molecule has 1 heterocycles. The van der Waals surface area contributed by atoms with Gasteiger partial charge < -0.3 is 10.6 Å². The molecule has 1 atom stereocenters. The van der Waals surface area contributed by atoms with Crippen LogP contribution in [-0.2, 0) is 17.9 Å². The summed E-state index contributed by atoms with van der Waals surface area (Å²) < 4.78 is 0. The molecule has 0 bridgehead atoms. The van der Waals surface area contributed by atoms with E-state index in [4.69, 9.17) is 5.73 Å². The maximum atomic E-state index is 12.0. The number of carbonyl (C=O) groups excluding carboxylic acids is 1. The standard InChI is InChI=1S/C14H20N2O/c1-11(8-15)6-7-14(17)16-9-12-4-2-3-5-13(12)10-16/h2-5,11H,6-10,15H2,1H3. The van der Waals surface area contributed by atoms with Gasteiger partial charge in [-0.3, -0.25) is 4.79 Å². The first-order valence-electron chi connectivity index (χ1n) is 6.25. The second-order valence-corrected chi connectivity index (χ2v) is 4.90. The van der Waals surface area contributed by atoms with E-state index in [-0.39, 0.29) is 5.91 Å². The molecule has 3 nitrogen and oxygen atoms in total. The monoisotopic (exact) mass is 232 g/mol. The summed E-state index contributed by atoms with van der Waals surface area (Å²) in [6.45, 7) is 4.29. The Morgan fingerprint density at radius 2 is 1.94 bits per heavy atom. The first-order chi connectivity index (χ1) is 8.20. The number of carbonyl (C=O) groups is 1. The van der Waals surface area contributed by atoms with Crippen molar-refractivity contribution in [1.29, 1.82) is 0 Å². The first kappa shape index (κ1) is 12.1. The van der Waals surface area contributed by atoms with E-state index >= 15 is 0 Å². The van der Waals surface area contributed by atoms with Crippen molar-refractivity contribution in [2.75, 3.05) is 6.54 Å². The summed E-state index contributed by atoms with van der Waals surface area (Å²) in [4.78, 5) is 14.0. The first-order valence-corrected chi connectivity index (χ1v) is 6.25. The summed E-state index contributed by atoms with van der Waals surface area (Å²) in [7, 11) is 0. The van der Waals surface area contributed by atoms with E-state index < -0.39 is 0 Å². The van der Waals surface area contributed by atoms with Crippen LogP contribution in [0.4, 0.5) is 0 Å². The third-order valence-corrected chi connectivity index (χ3v) is 3.45. The van der Waals surface area contributed by atoms with Gasteiger partial charge in [0.2, 0.25) is 5.91 Å². The molecule has 0 saturated heterocycles. The molecule has 0 aliphatic carbocycles. The lowest BCUT2D eigenvalue weighted by molar-refractivity contribution is -0.132. The van der Waals surface area contributed by atoms with E-state index in [2.05, 4.69) is 19.1 Å². The molecule has 2 N–H and O–H groups in total. The number of hydrogen-bond donors (Lipinski definition) is 1. The number of rotatable bonds is 4. The molecule has 0 spiro atoms. The third kappa shape index (κ3) is 2.86. The van der Waals surface area contributed by atoms with Gasteiger partial charge in [-0.25, -0.2) is 0 Å². The van der Waals surface area contributed by atoms with Gasteiger partial charge in [0.25, 0.3) is 0 Å². The summed E-state index contributed by atoms with van der Waals surface area (Å²) in [5, 5.41) is 0. The van der Waals surface area contributed by atoms with Gasteiger partial charge in [-0.1, -0.05) is 31.2 Å². The van der Waals surface area contributed by atoms with E-state index in [0.717, 1.165) is 19.5 Å². The maximum Gasteiger partial charge on any atom is 0.223 e. The van der Waals surface area contributed by atoms with Gasteiger partial charge in [-0.05, 0) is 30.0 Å². The topological polar surface area (TPSA) is 46.3 Å². The maximum absolute atomic E-state index is 12.0. The van der Waals surface area contributed by atoms with Gasteiger partial charge in [0.15, 0.2) is 0 Å². The van der Waals surface area contributed by atoms with Crippen LogP contribution < -0.4 is 5.73 Å². The molecular formula is C14H20N2O. The third-order valence-electron chi connectivity index (χ3n) is 3.45. The van der Waals surface area contributed by atoms with Crippen molar-refractivity contribution in [2.45, 2.75) is 32.9 Å². The van der Waals surface area contributed by atoms with Crippen molar-refractivity contribution >= 4 is 5.91 Å². The predicted octanol–water partition coefficient (Wildman–Crippen LogP) is 1.90. The highest BCUT2D eigenvalue weighted by molar-refractivity contribution is 5.76. The van der Waals surface area contributed by atoms with Crippen molar-refractivity contribution in [2.24, 2.45) is 11.7 Å². The van der Waals surface area contributed by atoms with Crippen LogP contribution in [0, 0.1) is 5.92 Å². The van der Waals surface area contributed by atoms with E-state index in [0.29, 0.717) is 18.9 Å². The molecule has 0 fully saturated rings. The molecule has 0 aromatic heterocycles. The molecule has 1 aliphatic rings. The quantitative estimate of drug-likeness (QED) is 0.862. The summed E-state index contributed by atoms with van der Waals surface area (Å²) in [5.41, 5.74) is 8.13. The molecule has 2 rings (SSSR count). The minimum Gasteiger partial charge on any atom is -0.334 e. The lowest BCUT2D eigenvalue weighted by Crippen LogP contribution is -2.26. The number of fused-ring (bicyclic) bond motifs is 1. The zero-order valence-corrected chi connectivity index (χ0v) is 10.4. The van der Waals surface area contributed by atoms with Crippen LogP contribution in [0.1, 0.15) is 30.9 Å². The molecule has 1 unspecified atom stereocenters. The lowest BCUT2D eigenvalue weighted by atomic mass is 10.1. The van der Waals surface area contributed by atoms with Crippen LogP contribution >= 0.6 is 0 Å². The normalized spacial score (nSPS) is 15.8. The number of amides is 1. The smallest absolute Gasteiger partial charge is 0.223 e. The fourth-order valence-corrected chi connectivity index (χ4v) is 2.16. The summed E-state index contributed by atoms with van der Waals surface area (Å²) in [6, 6.07) is 8.27. The van der Waals surface area contributed by atoms with E-state index in [9.17, 15) is 4.79 Å². The van der Waals surface area contributed by atoms with Gasteiger partial charge in [0.05, 0.1) is 0 Å². The van der Waals surface area contributed by atoms with Crippen molar-refractivity contribution < 1.29 is 4.79 Å².